The number of anilines is 1. The fourth-order valence-corrected chi connectivity index (χ4v) is 3.76. The van der Waals surface area contributed by atoms with E-state index in [-0.39, 0.29) is 12.5 Å². The molecule has 3 aromatic carbocycles. The summed E-state index contributed by atoms with van der Waals surface area (Å²) in [4.78, 5) is 27.1. The lowest BCUT2D eigenvalue weighted by molar-refractivity contribution is -0.138. The lowest BCUT2D eigenvalue weighted by Gasteiger charge is -2.23. The molecule has 1 N–H and O–H groups in total. The van der Waals surface area contributed by atoms with Gasteiger partial charge in [-0.3, -0.25) is 9.59 Å². The first-order valence-electron chi connectivity index (χ1n) is 10.3. The summed E-state index contributed by atoms with van der Waals surface area (Å²) in [6.45, 7) is 2.19. The van der Waals surface area contributed by atoms with Gasteiger partial charge in [0.05, 0.1) is 7.11 Å². The fraction of sp³-hybridized carbons (Fsp3) is 0.200. The molecule has 0 aromatic heterocycles. The van der Waals surface area contributed by atoms with Gasteiger partial charge in [-0.15, -0.1) is 0 Å². The third kappa shape index (κ3) is 4.64. The summed E-state index contributed by atoms with van der Waals surface area (Å²) in [5, 5.41) is 2.52. The molecule has 0 fully saturated rings. The number of carbonyl (C=O) groups excluding carboxylic acids is 2. The summed E-state index contributed by atoms with van der Waals surface area (Å²) in [5.41, 5.74) is 1.15. The molecule has 1 atom stereocenters. The van der Waals surface area contributed by atoms with Crippen molar-refractivity contribution in [1.82, 2.24) is 4.90 Å². The van der Waals surface area contributed by atoms with Crippen molar-refractivity contribution in [2.75, 3.05) is 12.4 Å². The monoisotopic (exact) mass is 452 g/mol. The number of carbonyl (C=O) groups is 2. The Morgan fingerprint density at radius 2 is 1.85 bits per heavy atom. The molecule has 0 bridgehead atoms. The highest BCUT2D eigenvalue weighted by atomic mass is 19.1. The van der Waals surface area contributed by atoms with E-state index < -0.39 is 29.2 Å². The summed E-state index contributed by atoms with van der Waals surface area (Å²) in [6.07, 6.45) is -0.714. The number of halogens is 2. The molecule has 1 heterocycles. The highest BCUT2D eigenvalue weighted by molar-refractivity contribution is 6.04. The standard InChI is InChI=1S/C25H22F2N2O4/c1-15-25(31)29(13-16-6-3-4-9-21(16)32-2)14-17-12-18(10-11-22(17)33-15)28-24(30)23-19(26)7-5-8-20(23)27/h3-12,15H,13-14H2,1-2H3,(H,28,30)/t15-/m1/s1. The number of ether oxygens (including phenoxy) is 2. The van der Waals surface area contributed by atoms with E-state index >= 15 is 0 Å². The Bertz CT molecular complexity index is 1190. The normalized spacial score (nSPS) is 15.3. The van der Waals surface area contributed by atoms with Gasteiger partial charge in [-0.05, 0) is 43.3 Å². The van der Waals surface area contributed by atoms with Gasteiger partial charge in [0, 0.05) is 29.9 Å². The van der Waals surface area contributed by atoms with E-state index in [1.165, 1.54) is 6.07 Å². The van der Waals surface area contributed by atoms with Gasteiger partial charge in [-0.1, -0.05) is 24.3 Å². The number of hydrogen-bond donors (Lipinski definition) is 1. The Morgan fingerprint density at radius 1 is 1.12 bits per heavy atom. The number of hydrogen-bond acceptors (Lipinski definition) is 4. The summed E-state index contributed by atoms with van der Waals surface area (Å²) >= 11 is 0. The van der Waals surface area contributed by atoms with Gasteiger partial charge >= 0.3 is 0 Å². The molecule has 1 aliphatic heterocycles. The van der Waals surface area contributed by atoms with Crippen molar-refractivity contribution in [1.29, 1.82) is 0 Å². The van der Waals surface area contributed by atoms with Crippen molar-refractivity contribution in [3.63, 3.8) is 0 Å². The summed E-state index contributed by atoms with van der Waals surface area (Å²) in [6, 6.07) is 15.5. The van der Waals surface area contributed by atoms with Crippen molar-refractivity contribution in [2.24, 2.45) is 0 Å². The summed E-state index contributed by atoms with van der Waals surface area (Å²) in [7, 11) is 1.57. The highest BCUT2D eigenvalue weighted by Gasteiger charge is 2.29. The van der Waals surface area contributed by atoms with E-state index in [9.17, 15) is 18.4 Å². The molecule has 1 aliphatic rings. The Labute approximate surface area is 189 Å². The van der Waals surface area contributed by atoms with Crippen LogP contribution >= 0.6 is 0 Å². The van der Waals surface area contributed by atoms with E-state index in [1.54, 1.807) is 37.1 Å². The summed E-state index contributed by atoms with van der Waals surface area (Å²) in [5.74, 6) is -1.85. The average molecular weight is 452 g/mol. The molecule has 0 aliphatic carbocycles. The number of methoxy groups -OCH3 is 1. The zero-order chi connectivity index (χ0) is 23.5. The first kappa shape index (κ1) is 22.3. The largest absolute Gasteiger partial charge is 0.496 e. The third-order valence-electron chi connectivity index (χ3n) is 5.39. The van der Waals surface area contributed by atoms with Crippen LogP contribution in [0.4, 0.5) is 14.5 Å². The van der Waals surface area contributed by atoms with Gasteiger partial charge in [-0.2, -0.15) is 0 Å². The Kier molecular flexibility index (Phi) is 6.26. The van der Waals surface area contributed by atoms with E-state index in [1.807, 2.05) is 24.3 Å². The van der Waals surface area contributed by atoms with Crippen molar-refractivity contribution in [2.45, 2.75) is 26.1 Å². The molecule has 3 aromatic rings. The maximum atomic E-state index is 14.0. The quantitative estimate of drug-likeness (QED) is 0.618. The second-order valence-electron chi connectivity index (χ2n) is 7.64. The van der Waals surface area contributed by atoms with Crippen LogP contribution in [0.25, 0.3) is 0 Å². The van der Waals surface area contributed by atoms with Crippen LogP contribution in [0.15, 0.2) is 60.7 Å². The molecule has 6 nitrogen and oxygen atoms in total. The van der Waals surface area contributed by atoms with Gasteiger partial charge in [0.25, 0.3) is 11.8 Å². The van der Waals surface area contributed by atoms with Crippen LogP contribution in [-0.4, -0.2) is 29.9 Å². The van der Waals surface area contributed by atoms with Crippen LogP contribution in [0.1, 0.15) is 28.4 Å². The number of amides is 2. The minimum atomic E-state index is -0.951. The molecule has 0 saturated carbocycles. The molecule has 2 amide bonds. The summed E-state index contributed by atoms with van der Waals surface area (Å²) < 4.78 is 39.1. The molecular weight excluding hydrogens is 430 g/mol. The number of fused-ring (bicyclic) bond motifs is 1. The molecule has 0 unspecified atom stereocenters. The highest BCUT2D eigenvalue weighted by Crippen LogP contribution is 2.31. The average Bonchev–Trinajstić information content (AvgIpc) is 2.90. The Morgan fingerprint density at radius 3 is 2.58 bits per heavy atom. The zero-order valence-corrected chi connectivity index (χ0v) is 18.1. The maximum Gasteiger partial charge on any atom is 0.263 e. The SMILES string of the molecule is COc1ccccc1CN1Cc2cc(NC(=O)c3c(F)cccc3F)ccc2O[C@H](C)C1=O. The minimum absolute atomic E-state index is 0.198. The van der Waals surface area contributed by atoms with Crippen molar-refractivity contribution < 1.29 is 27.8 Å². The molecule has 33 heavy (non-hydrogen) atoms. The van der Waals surface area contributed by atoms with Crippen LogP contribution in [0, 0.1) is 11.6 Å². The van der Waals surface area contributed by atoms with Crippen LogP contribution < -0.4 is 14.8 Å². The predicted octanol–water partition coefficient (Wildman–Crippen LogP) is 4.54. The smallest absolute Gasteiger partial charge is 0.263 e. The number of nitrogens with one attached hydrogen (secondary N) is 1. The number of rotatable bonds is 5. The molecule has 0 spiro atoms. The fourth-order valence-electron chi connectivity index (χ4n) is 3.76. The predicted molar refractivity (Wildman–Crippen MR) is 118 cm³/mol. The number of benzene rings is 3. The second-order valence-corrected chi connectivity index (χ2v) is 7.64. The van der Waals surface area contributed by atoms with E-state index in [0.717, 1.165) is 17.7 Å². The molecular formula is C25H22F2N2O4. The van der Waals surface area contributed by atoms with Crippen LogP contribution in [0.3, 0.4) is 0 Å². The lowest BCUT2D eigenvalue weighted by atomic mass is 10.1. The first-order valence-corrected chi connectivity index (χ1v) is 10.3. The molecule has 4 rings (SSSR count). The minimum Gasteiger partial charge on any atom is -0.496 e. The number of para-hydroxylation sites is 1. The number of nitrogens with zero attached hydrogens (tertiary/aromatic N) is 1. The topological polar surface area (TPSA) is 67.9 Å². The first-order chi connectivity index (χ1) is 15.9. The maximum absolute atomic E-state index is 14.0. The van der Waals surface area contributed by atoms with E-state index in [0.29, 0.717) is 29.3 Å². The third-order valence-corrected chi connectivity index (χ3v) is 5.39. The van der Waals surface area contributed by atoms with Gasteiger partial charge in [0.15, 0.2) is 6.10 Å². The van der Waals surface area contributed by atoms with Gasteiger partial charge in [0.1, 0.15) is 28.7 Å². The molecule has 8 heteroatoms. The van der Waals surface area contributed by atoms with Crippen LogP contribution in [-0.2, 0) is 17.9 Å². The Balaban J connectivity index is 1.60. The van der Waals surface area contributed by atoms with Crippen LogP contribution in [0.5, 0.6) is 11.5 Å². The van der Waals surface area contributed by atoms with E-state index in [4.69, 9.17) is 9.47 Å². The van der Waals surface area contributed by atoms with Gasteiger partial charge in [0.2, 0.25) is 0 Å². The molecule has 0 saturated heterocycles. The molecule has 170 valence electrons. The van der Waals surface area contributed by atoms with Gasteiger partial charge < -0.3 is 19.7 Å². The van der Waals surface area contributed by atoms with Gasteiger partial charge in [-0.25, -0.2) is 8.78 Å². The Hall–Kier alpha value is -3.94. The lowest BCUT2D eigenvalue weighted by Crippen LogP contribution is -2.37. The van der Waals surface area contributed by atoms with Crippen LogP contribution in [0.2, 0.25) is 0 Å². The van der Waals surface area contributed by atoms with Crippen molar-refractivity contribution in [3.05, 3.63) is 89.0 Å². The second kappa shape index (κ2) is 9.28. The van der Waals surface area contributed by atoms with E-state index in [2.05, 4.69) is 5.32 Å². The molecule has 0 radical (unpaired) electrons. The zero-order valence-electron chi connectivity index (χ0n) is 18.1. The van der Waals surface area contributed by atoms with Crippen molar-refractivity contribution in [3.8, 4) is 11.5 Å². The van der Waals surface area contributed by atoms with Crippen molar-refractivity contribution >= 4 is 17.5 Å².